The Bertz CT molecular complexity index is 819. The van der Waals surface area contributed by atoms with Crippen molar-refractivity contribution in [2.45, 2.75) is 37.9 Å². The second-order valence-electron chi connectivity index (χ2n) is 6.26. The molecule has 6 heteroatoms. The maximum Gasteiger partial charge on any atom is 0.305 e. The quantitative estimate of drug-likeness (QED) is 0.613. The summed E-state index contributed by atoms with van der Waals surface area (Å²) >= 11 is 4.56. The Hall–Kier alpha value is -1.84. The number of terminal acetylenes is 1. The van der Waals surface area contributed by atoms with E-state index in [4.69, 9.17) is 31.1 Å². The minimum atomic E-state index is -1.89. The molecule has 27 heavy (non-hydrogen) atoms. The maximum absolute atomic E-state index is 11.8. The predicted molar refractivity (Wildman–Crippen MR) is 108 cm³/mol. The van der Waals surface area contributed by atoms with Gasteiger partial charge in [-0.2, -0.15) is 4.21 Å². The van der Waals surface area contributed by atoms with Crippen molar-refractivity contribution in [2.24, 2.45) is 0 Å². The predicted octanol–water partition coefficient (Wildman–Crippen LogP) is 4.94. The maximum atomic E-state index is 11.8. The first kappa shape index (κ1) is 19.9. The lowest BCUT2D eigenvalue weighted by atomic mass is 9.95. The van der Waals surface area contributed by atoms with Gasteiger partial charge in [0, 0.05) is 0 Å². The SMILES string of the molecule is C#CCOS(=O)OC1CCCCC1Oc1ccc(-c2ccccc2)cc1Cl. The van der Waals surface area contributed by atoms with Crippen molar-refractivity contribution in [3.05, 3.63) is 53.6 Å². The molecule has 1 aliphatic carbocycles. The molecule has 0 spiro atoms. The average Bonchev–Trinajstić information content (AvgIpc) is 2.70. The topological polar surface area (TPSA) is 44.8 Å². The Morgan fingerprint density at radius 2 is 1.81 bits per heavy atom. The van der Waals surface area contributed by atoms with Crippen molar-refractivity contribution in [1.29, 1.82) is 0 Å². The summed E-state index contributed by atoms with van der Waals surface area (Å²) in [5.74, 6) is 2.86. The normalized spacial score (nSPS) is 20.6. The third kappa shape index (κ3) is 5.57. The van der Waals surface area contributed by atoms with Gasteiger partial charge in [0.15, 0.2) is 0 Å². The zero-order valence-electron chi connectivity index (χ0n) is 14.8. The van der Waals surface area contributed by atoms with Crippen molar-refractivity contribution >= 4 is 23.0 Å². The first-order valence-electron chi connectivity index (χ1n) is 8.84. The molecule has 1 saturated carbocycles. The van der Waals surface area contributed by atoms with Crippen molar-refractivity contribution in [3.63, 3.8) is 0 Å². The van der Waals surface area contributed by atoms with Gasteiger partial charge < -0.3 is 4.74 Å². The monoisotopic (exact) mass is 404 g/mol. The largest absolute Gasteiger partial charge is 0.486 e. The molecule has 0 saturated heterocycles. The Labute approximate surface area is 167 Å². The number of hydrogen-bond donors (Lipinski definition) is 0. The summed E-state index contributed by atoms with van der Waals surface area (Å²) in [5, 5.41) is 0.533. The second-order valence-corrected chi connectivity index (χ2v) is 7.50. The van der Waals surface area contributed by atoms with E-state index in [1.165, 1.54) is 0 Å². The van der Waals surface area contributed by atoms with Crippen LogP contribution in [0, 0.1) is 12.3 Å². The summed E-state index contributed by atoms with van der Waals surface area (Å²) in [6.07, 6.45) is 8.08. The molecule has 0 bridgehead atoms. The molecule has 0 amide bonds. The van der Waals surface area contributed by atoms with Crippen LogP contribution in [0.4, 0.5) is 0 Å². The summed E-state index contributed by atoms with van der Waals surface area (Å²) < 4.78 is 28.3. The first-order valence-corrected chi connectivity index (χ1v) is 10.2. The van der Waals surface area contributed by atoms with E-state index >= 15 is 0 Å². The van der Waals surface area contributed by atoms with Gasteiger partial charge in [0.1, 0.15) is 24.6 Å². The molecule has 142 valence electrons. The molecule has 3 rings (SSSR count). The third-order valence-corrected chi connectivity index (χ3v) is 5.41. The summed E-state index contributed by atoms with van der Waals surface area (Å²) in [4.78, 5) is 0. The summed E-state index contributed by atoms with van der Waals surface area (Å²) in [6.45, 7) is -0.0579. The van der Waals surface area contributed by atoms with Gasteiger partial charge in [-0.15, -0.1) is 6.42 Å². The fourth-order valence-corrected chi connectivity index (χ4v) is 3.96. The first-order chi connectivity index (χ1) is 13.2. The fraction of sp³-hybridized carbons (Fsp3) is 0.333. The van der Waals surface area contributed by atoms with E-state index in [1.54, 1.807) is 0 Å². The van der Waals surface area contributed by atoms with Gasteiger partial charge in [0.05, 0.1) is 5.02 Å². The molecule has 3 atom stereocenters. The van der Waals surface area contributed by atoms with Crippen LogP contribution in [-0.4, -0.2) is 23.0 Å². The molecule has 2 aromatic carbocycles. The van der Waals surface area contributed by atoms with Crippen LogP contribution in [0.25, 0.3) is 11.1 Å². The average molecular weight is 405 g/mol. The Balaban J connectivity index is 1.69. The van der Waals surface area contributed by atoms with Crippen LogP contribution in [0.1, 0.15) is 25.7 Å². The summed E-state index contributed by atoms with van der Waals surface area (Å²) in [5.41, 5.74) is 2.11. The van der Waals surface area contributed by atoms with Crippen molar-refractivity contribution in [2.75, 3.05) is 6.61 Å². The van der Waals surface area contributed by atoms with E-state index in [0.29, 0.717) is 10.8 Å². The van der Waals surface area contributed by atoms with E-state index in [-0.39, 0.29) is 18.8 Å². The van der Waals surface area contributed by atoms with Crippen LogP contribution in [0.2, 0.25) is 5.02 Å². The van der Waals surface area contributed by atoms with E-state index in [1.807, 2.05) is 48.5 Å². The zero-order valence-corrected chi connectivity index (χ0v) is 16.4. The van der Waals surface area contributed by atoms with Crippen molar-refractivity contribution in [3.8, 4) is 29.2 Å². The number of halogens is 1. The van der Waals surface area contributed by atoms with Crippen LogP contribution in [0.5, 0.6) is 5.75 Å². The Morgan fingerprint density at radius 3 is 2.52 bits per heavy atom. The highest BCUT2D eigenvalue weighted by Crippen LogP contribution is 2.34. The molecule has 1 aliphatic rings. The van der Waals surface area contributed by atoms with Crippen molar-refractivity contribution in [1.82, 2.24) is 0 Å². The number of rotatable bonds is 7. The highest BCUT2D eigenvalue weighted by molar-refractivity contribution is 7.75. The molecule has 4 nitrogen and oxygen atoms in total. The minimum Gasteiger partial charge on any atom is -0.486 e. The number of benzene rings is 2. The van der Waals surface area contributed by atoms with E-state index in [9.17, 15) is 4.21 Å². The standard InChI is InChI=1S/C21H21ClO4S/c1-2-14-24-27(23)26-21-11-7-6-10-20(21)25-19-13-12-17(15-18(19)22)16-8-4-3-5-9-16/h1,3-5,8-9,12-13,15,20-21H,6-7,10-11,14H2. The third-order valence-electron chi connectivity index (χ3n) is 4.40. The lowest BCUT2D eigenvalue weighted by Gasteiger charge is -2.31. The molecule has 0 radical (unpaired) electrons. The van der Waals surface area contributed by atoms with E-state index in [2.05, 4.69) is 5.92 Å². The van der Waals surface area contributed by atoms with E-state index in [0.717, 1.165) is 36.8 Å². The van der Waals surface area contributed by atoms with Gasteiger partial charge in [-0.25, -0.2) is 0 Å². The lowest BCUT2D eigenvalue weighted by molar-refractivity contribution is 0.0240. The van der Waals surface area contributed by atoms with Crippen LogP contribution < -0.4 is 4.74 Å². The highest BCUT2D eigenvalue weighted by Gasteiger charge is 2.30. The lowest BCUT2D eigenvalue weighted by Crippen LogP contribution is -2.37. The van der Waals surface area contributed by atoms with Crippen LogP contribution in [0.15, 0.2) is 48.5 Å². The zero-order chi connectivity index (χ0) is 19.1. The van der Waals surface area contributed by atoms with Gasteiger partial charge in [-0.3, -0.25) is 8.37 Å². The molecular formula is C21H21ClO4S. The van der Waals surface area contributed by atoms with Gasteiger partial charge in [-0.1, -0.05) is 60.3 Å². The van der Waals surface area contributed by atoms with Gasteiger partial charge in [0.25, 0.3) is 0 Å². The smallest absolute Gasteiger partial charge is 0.305 e. The van der Waals surface area contributed by atoms with Crippen LogP contribution in [-0.2, 0) is 19.7 Å². The minimum absolute atomic E-state index is 0.0579. The van der Waals surface area contributed by atoms with Crippen LogP contribution in [0.3, 0.4) is 0 Å². The van der Waals surface area contributed by atoms with E-state index < -0.39 is 11.4 Å². The van der Waals surface area contributed by atoms with Gasteiger partial charge in [0.2, 0.25) is 0 Å². The Morgan fingerprint density at radius 1 is 1.07 bits per heavy atom. The van der Waals surface area contributed by atoms with Crippen LogP contribution >= 0.6 is 11.6 Å². The van der Waals surface area contributed by atoms with Gasteiger partial charge in [-0.05, 0) is 42.5 Å². The molecule has 0 heterocycles. The molecule has 0 aromatic heterocycles. The number of hydrogen-bond acceptors (Lipinski definition) is 4. The summed E-state index contributed by atoms with van der Waals surface area (Å²) in [6, 6.07) is 15.7. The Kier molecular flexibility index (Phi) is 7.31. The summed E-state index contributed by atoms with van der Waals surface area (Å²) in [7, 11) is 0. The van der Waals surface area contributed by atoms with Crippen molar-refractivity contribution < 1.29 is 17.3 Å². The molecule has 1 fully saturated rings. The molecule has 0 aliphatic heterocycles. The van der Waals surface area contributed by atoms with Gasteiger partial charge >= 0.3 is 11.4 Å². The number of ether oxygens (including phenoxy) is 1. The molecule has 0 N–H and O–H groups in total. The second kappa shape index (κ2) is 9.91. The fourth-order valence-electron chi connectivity index (χ4n) is 3.09. The molecular weight excluding hydrogens is 384 g/mol. The highest BCUT2D eigenvalue weighted by atomic mass is 35.5. The molecule has 3 unspecified atom stereocenters. The molecule has 2 aromatic rings.